The molecule has 10 nitrogen and oxygen atoms in total. The summed E-state index contributed by atoms with van der Waals surface area (Å²) in [5.41, 5.74) is 2.02. The van der Waals surface area contributed by atoms with Gasteiger partial charge in [0.05, 0.1) is 30.5 Å². The van der Waals surface area contributed by atoms with Crippen LogP contribution in [-0.2, 0) is 21.7 Å². The van der Waals surface area contributed by atoms with Crippen LogP contribution in [0.1, 0.15) is 36.1 Å². The molecule has 0 spiro atoms. The van der Waals surface area contributed by atoms with Crippen molar-refractivity contribution >= 4 is 29.1 Å². The number of hydrogen-bond donors (Lipinski definition) is 2. The molecule has 1 unspecified atom stereocenters. The van der Waals surface area contributed by atoms with E-state index in [9.17, 15) is 19.8 Å². The number of carbonyl (C=O) groups is 2. The van der Waals surface area contributed by atoms with Gasteiger partial charge in [0.1, 0.15) is 6.61 Å². The van der Waals surface area contributed by atoms with E-state index in [1.165, 1.54) is 9.80 Å². The molecular formula is C33H33N5O5. The third-order valence-electron chi connectivity index (χ3n) is 8.15. The van der Waals surface area contributed by atoms with E-state index >= 15 is 0 Å². The maximum atomic E-state index is 14.0. The molecule has 6 rings (SSSR count). The number of fused-ring (bicyclic) bond motifs is 1. The first-order chi connectivity index (χ1) is 20.9. The number of hydrogen-bond acceptors (Lipinski definition) is 7. The first-order valence-electron chi connectivity index (χ1n) is 14.3. The fraction of sp³-hybridized carbons (Fsp3) is 0.273. The van der Waals surface area contributed by atoms with Crippen LogP contribution in [0.2, 0.25) is 0 Å². The normalized spacial score (nSPS) is 19.6. The number of amides is 2. The minimum absolute atomic E-state index is 0.0745. The van der Waals surface area contributed by atoms with Crippen LogP contribution in [0.5, 0.6) is 0 Å². The molecule has 220 valence electrons. The largest absolute Gasteiger partial charge is 0.447 e. The van der Waals surface area contributed by atoms with Gasteiger partial charge in [0.2, 0.25) is 0 Å². The zero-order valence-electron chi connectivity index (χ0n) is 23.8. The average Bonchev–Trinajstić information content (AvgIpc) is 3.74. The number of aryl methyl sites for hydroxylation is 1. The number of anilines is 3. The van der Waals surface area contributed by atoms with Crippen molar-refractivity contribution < 1.29 is 24.5 Å². The van der Waals surface area contributed by atoms with E-state index < -0.39 is 23.5 Å². The third-order valence-corrected chi connectivity index (χ3v) is 8.15. The summed E-state index contributed by atoms with van der Waals surface area (Å²) >= 11 is 0. The van der Waals surface area contributed by atoms with E-state index in [0.29, 0.717) is 47.8 Å². The van der Waals surface area contributed by atoms with Gasteiger partial charge in [0, 0.05) is 35.6 Å². The van der Waals surface area contributed by atoms with Crippen LogP contribution in [-0.4, -0.2) is 57.0 Å². The molecule has 0 radical (unpaired) electrons. The van der Waals surface area contributed by atoms with Gasteiger partial charge in [-0.1, -0.05) is 72.8 Å². The van der Waals surface area contributed by atoms with Crippen LogP contribution < -0.4 is 9.80 Å². The lowest BCUT2D eigenvalue weighted by Gasteiger charge is -2.28. The minimum atomic E-state index is -1.86. The molecule has 1 saturated heterocycles. The zero-order chi connectivity index (χ0) is 30.0. The second-order valence-corrected chi connectivity index (χ2v) is 10.8. The highest BCUT2D eigenvalue weighted by atomic mass is 16.6. The van der Waals surface area contributed by atoms with Gasteiger partial charge in [0.25, 0.3) is 5.91 Å². The molecule has 3 atom stereocenters. The zero-order valence-corrected chi connectivity index (χ0v) is 23.8. The Morgan fingerprint density at radius 2 is 1.77 bits per heavy atom. The number of rotatable bonds is 10. The molecule has 2 aliphatic rings. The Balaban J connectivity index is 1.22. The SMILES string of the molecule is C[C@H](/C=C/CCn1cc(C(CO)c2ccccc2)nn1)[C@@]1(O)C(=O)N(c2ccccc2)c2ccc(N3CCOC3=O)cc21. The first kappa shape index (κ1) is 28.3. The van der Waals surface area contributed by atoms with E-state index in [2.05, 4.69) is 10.3 Å². The molecule has 2 aliphatic heterocycles. The number of nitrogens with zero attached hydrogens (tertiary/aromatic N) is 5. The molecule has 0 aliphatic carbocycles. The molecule has 1 aromatic heterocycles. The van der Waals surface area contributed by atoms with E-state index in [0.717, 1.165) is 5.56 Å². The summed E-state index contributed by atoms with van der Waals surface area (Å²) in [5, 5.41) is 30.6. The molecule has 3 aromatic carbocycles. The number of aliphatic hydroxyl groups excluding tert-OH is 1. The van der Waals surface area contributed by atoms with Gasteiger partial charge in [-0.05, 0) is 42.3 Å². The van der Waals surface area contributed by atoms with Crippen LogP contribution >= 0.6 is 0 Å². The number of allylic oxidation sites excluding steroid dienone is 1. The Kier molecular flexibility index (Phi) is 7.79. The lowest BCUT2D eigenvalue weighted by Crippen LogP contribution is -2.42. The number of para-hydroxylation sites is 1. The summed E-state index contributed by atoms with van der Waals surface area (Å²) in [6, 6.07) is 24.2. The predicted octanol–water partition coefficient (Wildman–Crippen LogP) is 4.51. The van der Waals surface area contributed by atoms with Crippen molar-refractivity contribution in [3.8, 4) is 0 Å². The Morgan fingerprint density at radius 3 is 2.47 bits per heavy atom. The monoisotopic (exact) mass is 579 g/mol. The summed E-state index contributed by atoms with van der Waals surface area (Å²) in [5.74, 6) is -1.30. The molecule has 2 N–H and O–H groups in total. The van der Waals surface area contributed by atoms with Gasteiger partial charge < -0.3 is 14.9 Å². The van der Waals surface area contributed by atoms with Gasteiger partial charge >= 0.3 is 6.09 Å². The lowest BCUT2D eigenvalue weighted by atomic mass is 9.82. The predicted molar refractivity (Wildman–Crippen MR) is 161 cm³/mol. The van der Waals surface area contributed by atoms with Gasteiger partial charge in [-0.3, -0.25) is 19.3 Å². The summed E-state index contributed by atoms with van der Waals surface area (Å²) < 4.78 is 6.83. The fourth-order valence-corrected chi connectivity index (χ4v) is 5.77. The van der Waals surface area contributed by atoms with Gasteiger partial charge in [0.15, 0.2) is 5.60 Å². The summed E-state index contributed by atoms with van der Waals surface area (Å²) in [4.78, 5) is 29.3. The standard InChI is InChI=1S/C33H33N5O5/c1-23(10-8-9-17-36-21-29(34-35-36)27(22-39)24-11-4-2-5-12-24)33(42)28-20-26(37-18-19-43-32(37)41)15-16-30(28)38(31(33)40)25-13-6-3-7-14-25/h2-8,10-16,20-21,23,27,39,42H,9,17-19,22H2,1H3/b10-8+/t23-,27?,33+/m1/s1. The molecule has 3 heterocycles. The highest BCUT2D eigenvalue weighted by Crippen LogP contribution is 2.49. The van der Waals surface area contributed by atoms with Crippen LogP contribution in [0, 0.1) is 5.92 Å². The Bertz CT molecular complexity index is 1640. The maximum Gasteiger partial charge on any atom is 0.414 e. The van der Waals surface area contributed by atoms with Crippen molar-refractivity contribution in [2.75, 3.05) is 29.6 Å². The quantitative estimate of drug-likeness (QED) is 0.265. The van der Waals surface area contributed by atoms with Crippen molar-refractivity contribution in [3.05, 3.63) is 114 Å². The molecule has 0 saturated carbocycles. The average molecular weight is 580 g/mol. The maximum absolute atomic E-state index is 14.0. The Labute approximate surface area is 249 Å². The highest BCUT2D eigenvalue weighted by Gasteiger charge is 2.53. The molecule has 4 aromatic rings. The van der Waals surface area contributed by atoms with E-state index in [1.807, 2.05) is 85.9 Å². The third kappa shape index (κ3) is 5.19. The van der Waals surface area contributed by atoms with E-state index in [1.54, 1.807) is 22.9 Å². The molecule has 1 fully saturated rings. The molecule has 0 bridgehead atoms. The van der Waals surface area contributed by atoms with E-state index in [4.69, 9.17) is 4.74 Å². The van der Waals surface area contributed by atoms with Gasteiger partial charge in [-0.25, -0.2) is 4.79 Å². The first-order valence-corrected chi connectivity index (χ1v) is 14.3. The topological polar surface area (TPSA) is 121 Å². The number of carbonyl (C=O) groups excluding carboxylic acids is 2. The number of ether oxygens (including phenoxy) is 1. The number of benzene rings is 3. The summed E-state index contributed by atoms with van der Waals surface area (Å²) in [6.45, 7) is 2.95. The van der Waals surface area contributed by atoms with Gasteiger partial charge in [-0.2, -0.15) is 0 Å². The number of aliphatic hydroxyl groups is 2. The van der Waals surface area contributed by atoms with Crippen molar-refractivity contribution in [1.29, 1.82) is 0 Å². The van der Waals surface area contributed by atoms with E-state index in [-0.39, 0.29) is 19.1 Å². The molecule has 2 amide bonds. The molecular weight excluding hydrogens is 546 g/mol. The number of cyclic esters (lactones) is 1. The van der Waals surface area contributed by atoms with Crippen molar-refractivity contribution in [3.63, 3.8) is 0 Å². The minimum Gasteiger partial charge on any atom is -0.447 e. The van der Waals surface area contributed by atoms with Crippen molar-refractivity contribution in [2.24, 2.45) is 5.92 Å². The van der Waals surface area contributed by atoms with Crippen LogP contribution in [0.25, 0.3) is 0 Å². The lowest BCUT2D eigenvalue weighted by molar-refractivity contribution is -0.138. The summed E-state index contributed by atoms with van der Waals surface area (Å²) in [7, 11) is 0. The molecule has 10 heteroatoms. The number of aromatic nitrogens is 3. The second kappa shape index (κ2) is 11.8. The molecule has 43 heavy (non-hydrogen) atoms. The van der Waals surface area contributed by atoms with Crippen molar-refractivity contribution in [2.45, 2.75) is 31.4 Å². The Hall–Kier alpha value is -4.80. The van der Waals surface area contributed by atoms with Crippen LogP contribution in [0.4, 0.5) is 21.9 Å². The Morgan fingerprint density at radius 1 is 1.02 bits per heavy atom. The van der Waals surface area contributed by atoms with Gasteiger partial charge in [-0.15, -0.1) is 5.10 Å². The fourth-order valence-electron chi connectivity index (χ4n) is 5.77. The smallest absolute Gasteiger partial charge is 0.414 e. The highest BCUT2D eigenvalue weighted by molar-refractivity contribution is 6.12. The van der Waals surface area contributed by atoms with Crippen molar-refractivity contribution in [1.82, 2.24) is 15.0 Å². The van der Waals surface area contributed by atoms with Crippen LogP contribution in [0.3, 0.4) is 0 Å². The summed E-state index contributed by atoms with van der Waals surface area (Å²) in [6.07, 6.45) is 5.72. The second-order valence-electron chi connectivity index (χ2n) is 10.8. The van der Waals surface area contributed by atoms with Crippen LogP contribution in [0.15, 0.2) is 97.2 Å².